The van der Waals surface area contributed by atoms with Gasteiger partial charge in [-0.3, -0.25) is 0 Å². The van der Waals surface area contributed by atoms with Gasteiger partial charge in [0.25, 0.3) is 0 Å². The van der Waals surface area contributed by atoms with E-state index in [1.54, 1.807) is 6.92 Å². The van der Waals surface area contributed by atoms with E-state index in [9.17, 15) is 33.3 Å². The van der Waals surface area contributed by atoms with Gasteiger partial charge in [0, 0.05) is 5.56 Å². The Kier molecular flexibility index (Phi) is 6.30. The Bertz CT molecular complexity index is 1100. The fraction of sp³-hybridized carbons (Fsp3) is 0.143. The van der Waals surface area contributed by atoms with Crippen LogP contribution < -0.4 is 0 Å². The molecule has 31 heavy (non-hydrogen) atoms. The van der Waals surface area contributed by atoms with Gasteiger partial charge in [0.1, 0.15) is 16.4 Å². The molecule has 2 aromatic carbocycles. The number of hydrogen-bond donors (Lipinski definition) is 3. The zero-order valence-electron chi connectivity index (χ0n) is 16.0. The number of nitrogens with zero attached hydrogens (tertiary/aromatic N) is 1. The average Bonchev–Trinajstić information content (AvgIpc) is 3.00. The fourth-order valence-electron chi connectivity index (χ4n) is 2.64. The van der Waals surface area contributed by atoms with Crippen LogP contribution in [0.1, 0.15) is 18.1 Å². The number of alkyl halides is 3. The molecule has 0 unspecified atom stereocenters. The van der Waals surface area contributed by atoms with Crippen LogP contribution in [-0.4, -0.2) is 32.9 Å². The molecule has 1 aliphatic rings. The number of halogens is 3. The predicted octanol–water partition coefficient (Wildman–Crippen LogP) is 5.31. The molecule has 0 atom stereocenters. The second-order valence-corrected chi connectivity index (χ2v) is 7.26. The average molecular weight is 451 g/mol. The first-order valence-corrected chi connectivity index (χ1v) is 9.71. The van der Waals surface area contributed by atoms with Crippen LogP contribution in [0.5, 0.6) is 11.5 Å². The highest BCUT2D eigenvalue weighted by atomic mass is 32.2. The lowest BCUT2D eigenvalue weighted by Crippen LogP contribution is -2.12. The number of esters is 1. The summed E-state index contributed by atoms with van der Waals surface area (Å²) in [5, 5.41) is 30.2. The van der Waals surface area contributed by atoms with Crippen LogP contribution >= 0.6 is 11.8 Å². The zero-order valence-corrected chi connectivity index (χ0v) is 16.8. The molecule has 0 amide bonds. The quantitative estimate of drug-likeness (QED) is 0.430. The number of hydrogen-bond acceptors (Lipinski definition) is 7. The first-order chi connectivity index (χ1) is 14.6. The molecule has 0 saturated heterocycles. The molecule has 0 saturated carbocycles. The molecule has 0 aliphatic carbocycles. The number of para-hydroxylation sites is 1. The van der Waals surface area contributed by atoms with E-state index in [-0.39, 0.29) is 39.1 Å². The molecule has 3 N–H and O–H groups in total. The van der Waals surface area contributed by atoms with E-state index in [0.717, 1.165) is 36.0 Å². The predicted molar refractivity (Wildman–Crippen MR) is 110 cm³/mol. The normalized spacial score (nSPS) is 16.9. The molecule has 1 heterocycles. The smallest absolute Gasteiger partial charge is 0.416 e. The molecule has 0 fully saturated rings. The maximum absolute atomic E-state index is 12.8. The van der Waals surface area contributed by atoms with E-state index in [4.69, 9.17) is 4.74 Å². The number of ether oxygens (including phenoxy) is 1. The molecule has 162 valence electrons. The van der Waals surface area contributed by atoms with Gasteiger partial charge in [-0.25, -0.2) is 9.79 Å². The number of aliphatic hydroxyl groups is 1. The largest absolute Gasteiger partial charge is 0.506 e. The minimum Gasteiger partial charge on any atom is -0.506 e. The number of rotatable bonds is 4. The van der Waals surface area contributed by atoms with Crippen molar-refractivity contribution in [1.82, 2.24) is 0 Å². The molecule has 1 aliphatic heterocycles. The van der Waals surface area contributed by atoms with E-state index in [2.05, 4.69) is 4.99 Å². The summed E-state index contributed by atoms with van der Waals surface area (Å²) in [6.45, 7) is 1.60. The Morgan fingerprint density at radius 3 is 2.42 bits per heavy atom. The highest BCUT2D eigenvalue weighted by Gasteiger charge is 2.34. The molecule has 6 nitrogen and oxygen atoms in total. The van der Waals surface area contributed by atoms with Crippen molar-refractivity contribution >= 4 is 34.5 Å². The lowest BCUT2D eigenvalue weighted by Gasteiger charge is -2.07. The highest BCUT2D eigenvalue weighted by molar-refractivity contribution is 8.18. The van der Waals surface area contributed by atoms with Gasteiger partial charge < -0.3 is 20.1 Å². The highest BCUT2D eigenvalue weighted by Crippen LogP contribution is 2.42. The fourth-order valence-corrected chi connectivity index (χ4v) is 3.67. The summed E-state index contributed by atoms with van der Waals surface area (Å²) in [6.07, 6.45) is -3.16. The van der Waals surface area contributed by atoms with Crippen molar-refractivity contribution in [1.29, 1.82) is 0 Å². The van der Waals surface area contributed by atoms with Crippen molar-refractivity contribution in [2.45, 2.75) is 13.1 Å². The third-order valence-electron chi connectivity index (χ3n) is 4.13. The van der Waals surface area contributed by atoms with Gasteiger partial charge in [-0.1, -0.05) is 23.9 Å². The number of aliphatic hydroxyl groups excluding tert-OH is 1. The van der Waals surface area contributed by atoms with Crippen molar-refractivity contribution in [2.24, 2.45) is 4.99 Å². The van der Waals surface area contributed by atoms with Gasteiger partial charge in [0.2, 0.25) is 0 Å². The lowest BCUT2D eigenvalue weighted by molar-refractivity contribution is -0.138. The number of aromatic hydroxyl groups is 2. The van der Waals surface area contributed by atoms with Gasteiger partial charge in [-0.2, -0.15) is 13.2 Å². The van der Waals surface area contributed by atoms with E-state index in [0.29, 0.717) is 0 Å². The summed E-state index contributed by atoms with van der Waals surface area (Å²) in [6, 6.07) is 8.22. The van der Waals surface area contributed by atoms with Crippen molar-refractivity contribution in [3.63, 3.8) is 0 Å². The monoisotopic (exact) mass is 451 g/mol. The molecule has 0 radical (unpaired) electrons. The minimum atomic E-state index is -4.50. The Labute approximate surface area is 179 Å². The van der Waals surface area contributed by atoms with Gasteiger partial charge in [0.05, 0.1) is 22.8 Å². The van der Waals surface area contributed by atoms with Crippen LogP contribution in [0.3, 0.4) is 0 Å². The van der Waals surface area contributed by atoms with Gasteiger partial charge in [-0.15, -0.1) is 0 Å². The summed E-state index contributed by atoms with van der Waals surface area (Å²) < 4.78 is 43.2. The van der Waals surface area contributed by atoms with Crippen molar-refractivity contribution in [3.05, 3.63) is 69.8 Å². The molecule has 0 bridgehead atoms. The molecule has 10 heteroatoms. The van der Waals surface area contributed by atoms with Gasteiger partial charge >= 0.3 is 12.1 Å². The number of carbonyl (C=O) groups excluding carboxylic acids is 1. The summed E-state index contributed by atoms with van der Waals surface area (Å²) in [5.74, 6) is -2.11. The molecule has 0 aromatic heterocycles. The summed E-state index contributed by atoms with van der Waals surface area (Å²) in [5.41, 5.74) is -0.795. The topological polar surface area (TPSA) is 99.4 Å². The van der Waals surface area contributed by atoms with E-state index < -0.39 is 29.2 Å². The number of benzene rings is 2. The van der Waals surface area contributed by atoms with Crippen LogP contribution in [0.25, 0.3) is 6.08 Å². The number of carbonyl (C=O) groups is 1. The summed E-state index contributed by atoms with van der Waals surface area (Å²) in [4.78, 5) is 16.7. The lowest BCUT2D eigenvalue weighted by atomic mass is 10.1. The first-order valence-electron chi connectivity index (χ1n) is 8.89. The van der Waals surface area contributed by atoms with E-state index in [1.165, 1.54) is 24.3 Å². The number of phenols is 2. The van der Waals surface area contributed by atoms with Crippen LogP contribution in [-0.2, 0) is 15.7 Å². The van der Waals surface area contributed by atoms with Crippen LogP contribution in [0.4, 0.5) is 18.9 Å². The third kappa shape index (κ3) is 4.85. The number of phenolic OH excluding ortho intramolecular Hbond substituents is 2. The van der Waals surface area contributed by atoms with Crippen molar-refractivity contribution in [3.8, 4) is 11.5 Å². The van der Waals surface area contributed by atoms with Gasteiger partial charge in [-0.05, 0) is 43.3 Å². The third-order valence-corrected chi connectivity index (χ3v) is 5.15. The number of thioether (sulfide) groups is 1. The Morgan fingerprint density at radius 2 is 1.81 bits per heavy atom. The van der Waals surface area contributed by atoms with Crippen molar-refractivity contribution < 1.29 is 38.0 Å². The van der Waals surface area contributed by atoms with E-state index >= 15 is 0 Å². The molecular weight excluding hydrogens is 435 g/mol. The Balaban J connectivity index is 2.04. The second kappa shape index (κ2) is 8.76. The van der Waals surface area contributed by atoms with E-state index in [1.807, 2.05) is 0 Å². The second-order valence-electron chi connectivity index (χ2n) is 6.23. The molecular formula is C21H16F3NO5S. The van der Waals surface area contributed by atoms with Gasteiger partial charge in [0.15, 0.2) is 11.5 Å². The Hall–Kier alpha value is -3.40. The first kappa shape index (κ1) is 22.3. The number of aliphatic imine (C=N–C) groups is 1. The maximum Gasteiger partial charge on any atom is 0.416 e. The van der Waals surface area contributed by atoms with Crippen LogP contribution in [0.15, 0.2) is 63.7 Å². The zero-order chi connectivity index (χ0) is 22.8. The van der Waals surface area contributed by atoms with Crippen molar-refractivity contribution in [2.75, 3.05) is 6.61 Å². The molecule has 2 aromatic rings. The van der Waals surface area contributed by atoms with Crippen LogP contribution in [0.2, 0.25) is 0 Å². The molecule has 0 spiro atoms. The SMILES string of the molecule is CCOC(=O)C1=C(O)/C(=C\c2cccc(O)c2O)SC1=Nc1ccc(C(F)(F)F)cc1. The maximum atomic E-state index is 12.8. The summed E-state index contributed by atoms with van der Waals surface area (Å²) in [7, 11) is 0. The van der Waals surface area contributed by atoms with Crippen LogP contribution in [0, 0.1) is 0 Å². The Morgan fingerprint density at radius 1 is 1.13 bits per heavy atom. The minimum absolute atomic E-state index is 0.0154. The molecule has 3 rings (SSSR count). The standard InChI is InChI=1S/C21H16F3NO5S/c1-2-30-20(29)16-18(28)15(10-11-4-3-5-14(26)17(11)27)31-19(16)25-13-8-6-12(7-9-13)21(22,23)24/h3-10,26-28H,2H2,1H3/b15-10+,25-19?. The summed E-state index contributed by atoms with van der Waals surface area (Å²) >= 11 is 0.866.